The van der Waals surface area contributed by atoms with Crippen molar-refractivity contribution in [3.63, 3.8) is 0 Å². The third-order valence-electron chi connectivity index (χ3n) is 6.40. The van der Waals surface area contributed by atoms with Crippen LogP contribution < -0.4 is 11.2 Å². The van der Waals surface area contributed by atoms with Gasteiger partial charge in [0.15, 0.2) is 0 Å². The first-order valence-electron chi connectivity index (χ1n) is 11.5. The van der Waals surface area contributed by atoms with Crippen molar-refractivity contribution >= 4 is 27.5 Å². The number of nitrogens with zero attached hydrogens (tertiary/aromatic N) is 3. The molecule has 1 atom stereocenters. The van der Waals surface area contributed by atoms with Crippen LogP contribution in [0.3, 0.4) is 0 Å². The van der Waals surface area contributed by atoms with Crippen LogP contribution in [0.25, 0.3) is 10.2 Å². The van der Waals surface area contributed by atoms with Crippen molar-refractivity contribution in [2.45, 2.75) is 57.7 Å². The lowest BCUT2D eigenvalue weighted by Crippen LogP contribution is -2.41. The Hall–Kier alpha value is -2.96. The summed E-state index contributed by atoms with van der Waals surface area (Å²) in [5.41, 5.74) is -1.03. The van der Waals surface area contributed by atoms with Crippen LogP contribution >= 0.6 is 11.3 Å². The first kappa shape index (κ1) is 26.1. The Morgan fingerprint density at radius 1 is 1.14 bits per heavy atom. The third kappa shape index (κ3) is 5.25. The number of benzene rings is 1. The maximum absolute atomic E-state index is 13.4. The monoisotopic (exact) mass is 525 g/mol. The molecule has 1 amide bonds. The molecule has 0 saturated carbocycles. The molecule has 0 bridgehead atoms. The second-order valence-electron chi connectivity index (χ2n) is 8.90. The molecule has 36 heavy (non-hydrogen) atoms. The number of hydrogen-bond acceptors (Lipinski definition) is 6. The Kier molecular flexibility index (Phi) is 7.39. The van der Waals surface area contributed by atoms with Crippen LogP contribution in [0.2, 0.25) is 0 Å². The second-order valence-corrected chi connectivity index (χ2v) is 9.90. The fourth-order valence-corrected chi connectivity index (χ4v) is 5.65. The van der Waals surface area contributed by atoms with E-state index in [1.165, 1.54) is 11.8 Å². The molecule has 2 aromatic heterocycles. The van der Waals surface area contributed by atoms with Crippen LogP contribution in [0.1, 0.15) is 46.2 Å². The molecule has 0 spiro atoms. The Morgan fingerprint density at radius 2 is 1.78 bits per heavy atom. The normalized spacial score (nSPS) is 16.0. The highest BCUT2D eigenvalue weighted by Gasteiger charge is 2.31. The summed E-state index contributed by atoms with van der Waals surface area (Å²) in [7, 11) is 0. The molecule has 1 fully saturated rings. The van der Waals surface area contributed by atoms with E-state index in [2.05, 4.69) is 0 Å². The molecule has 1 aliphatic heterocycles. The van der Waals surface area contributed by atoms with Gasteiger partial charge < -0.3 is 15.1 Å². The van der Waals surface area contributed by atoms with Crippen molar-refractivity contribution in [3.8, 4) is 0 Å². The van der Waals surface area contributed by atoms with Crippen LogP contribution in [0.4, 0.5) is 13.2 Å². The van der Waals surface area contributed by atoms with Crippen LogP contribution in [0.5, 0.6) is 0 Å². The van der Waals surface area contributed by atoms with Gasteiger partial charge in [-0.15, -0.1) is 11.3 Å². The molecule has 3 heterocycles. The fourth-order valence-electron chi connectivity index (χ4n) is 4.36. The number of fused-ring (bicyclic) bond motifs is 1. The molecule has 1 aromatic carbocycles. The van der Waals surface area contributed by atoms with Gasteiger partial charge in [0.05, 0.1) is 35.4 Å². The first-order chi connectivity index (χ1) is 17.0. The van der Waals surface area contributed by atoms with E-state index < -0.39 is 55.1 Å². The Bertz CT molecular complexity index is 1370. The van der Waals surface area contributed by atoms with Crippen molar-refractivity contribution in [1.29, 1.82) is 0 Å². The zero-order valence-corrected chi connectivity index (χ0v) is 20.3. The molecule has 1 aliphatic rings. The fraction of sp³-hybridized carbons (Fsp3) is 0.458. The number of likely N-dealkylation sites (tertiary alicyclic amines) is 1. The largest absolute Gasteiger partial charge is 0.393 e. The number of piperidine rings is 1. The minimum atomic E-state index is -4.55. The summed E-state index contributed by atoms with van der Waals surface area (Å²) in [5.74, 6) is -0.398. The standard InChI is InChI=1S/C24H26F3N3O5S/c1-14-18-20(33)30(13-17(32)15-5-3-2-4-6-15)23(35)29(12-9-24(25,26)27)22(18)36-19(14)21(34)28-10-7-16(31)8-11-28/h2-6,16-17,31-32H,7-13H2,1H3. The molecule has 4 rings (SSSR count). The number of alkyl halides is 3. The van der Waals surface area contributed by atoms with Crippen molar-refractivity contribution < 1.29 is 28.2 Å². The molecular weight excluding hydrogens is 499 g/mol. The molecule has 3 aromatic rings. The topological polar surface area (TPSA) is 105 Å². The van der Waals surface area contributed by atoms with E-state index in [1.54, 1.807) is 30.3 Å². The summed E-state index contributed by atoms with van der Waals surface area (Å²) in [6, 6.07) is 8.30. The van der Waals surface area contributed by atoms with E-state index in [9.17, 15) is 37.8 Å². The highest BCUT2D eigenvalue weighted by atomic mass is 32.1. The van der Waals surface area contributed by atoms with Gasteiger partial charge >= 0.3 is 11.9 Å². The van der Waals surface area contributed by atoms with Crippen LogP contribution in [-0.2, 0) is 13.1 Å². The predicted octanol–water partition coefficient (Wildman–Crippen LogP) is 2.82. The predicted molar refractivity (Wildman–Crippen MR) is 128 cm³/mol. The Labute approximate surface area is 207 Å². The maximum atomic E-state index is 13.4. The Morgan fingerprint density at radius 3 is 2.39 bits per heavy atom. The number of aryl methyl sites for hydroxylation is 2. The number of carbonyl (C=O) groups is 1. The molecular formula is C24H26F3N3O5S. The summed E-state index contributed by atoms with van der Waals surface area (Å²) in [6.07, 6.45) is -6.80. The maximum Gasteiger partial charge on any atom is 0.390 e. The molecule has 0 aliphatic carbocycles. The number of thiophene rings is 1. The Balaban J connectivity index is 1.83. The average Bonchev–Trinajstić information content (AvgIpc) is 3.18. The molecule has 1 saturated heterocycles. The number of amides is 1. The van der Waals surface area contributed by atoms with Crippen LogP contribution in [-0.4, -0.2) is 55.5 Å². The highest BCUT2D eigenvalue weighted by molar-refractivity contribution is 7.20. The third-order valence-corrected chi connectivity index (χ3v) is 7.70. The van der Waals surface area contributed by atoms with Gasteiger partial charge in [-0.3, -0.25) is 18.7 Å². The van der Waals surface area contributed by atoms with Gasteiger partial charge in [0.1, 0.15) is 4.83 Å². The number of aliphatic hydroxyl groups is 2. The van der Waals surface area contributed by atoms with Gasteiger partial charge in [-0.25, -0.2) is 4.79 Å². The molecule has 1 unspecified atom stereocenters. The van der Waals surface area contributed by atoms with Crippen LogP contribution in [0, 0.1) is 6.92 Å². The van der Waals surface area contributed by atoms with Crippen molar-refractivity contribution in [1.82, 2.24) is 14.0 Å². The van der Waals surface area contributed by atoms with Gasteiger partial charge in [-0.05, 0) is 30.9 Å². The van der Waals surface area contributed by atoms with E-state index >= 15 is 0 Å². The van der Waals surface area contributed by atoms with E-state index in [0.29, 0.717) is 31.5 Å². The molecule has 0 radical (unpaired) electrons. The van der Waals surface area contributed by atoms with E-state index in [1.807, 2.05) is 0 Å². The summed E-state index contributed by atoms with van der Waals surface area (Å²) in [4.78, 5) is 41.6. The van der Waals surface area contributed by atoms with Gasteiger partial charge in [-0.1, -0.05) is 30.3 Å². The van der Waals surface area contributed by atoms with E-state index in [-0.39, 0.29) is 20.7 Å². The molecule has 2 N–H and O–H groups in total. The van der Waals surface area contributed by atoms with Gasteiger partial charge in [0.2, 0.25) is 0 Å². The van der Waals surface area contributed by atoms with Gasteiger partial charge in [-0.2, -0.15) is 13.2 Å². The number of carbonyl (C=O) groups excluding carboxylic acids is 1. The summed E-state index contributed by atoms with van der Waals surface area (Å²) < 4.78 is 40.8. The lowest BCUT2D eigenvalue weighted by atomic mass is 10.1. The number of aliphatic hydroxyl groups excluding tert-OH is 2. The zero-order valence-electron chi connectivity index (χ0n) is 19.5. The first-order valence-corrected chi connectivity index (χ1v) is 12.3. The van der Waals surface area contributed by atoms with Crippen LogP contribution in [0.15, 0.2) is 39.9 Å². The summed E-state index contributed by atoms with van der Waals surface area (Å²) in [5, 5.41) is 20.4. The number of rotatable bonds is 6. The van der Waals surface area contributed by atoms with Crippen molar-refractivity contribution in [2.75, 3.05) is 13.1 Å². The SMILES string of the molecule is Cc1c(C(=O)N2CCC(O)CC2)sc2c1c(=O)n(CC(O)c1ccccc1)c(=O)n2CCC(F)(F)F. The molecule has 12 heteroatoms. The second kappa shape index (κ2) is 10.2. The lowest BCUT2D eigenvalue weighted by molar-refractivity contribution is -0.136. The minimum absolute atomic E-state index is 0.00223. The summed E-state index contributed by atoms with van der Waals surface area (Å²) >= 11 is 0.822. The van der Waals surface area contributed by atoms with E-state index in [0.717, 1.165) is 20.5 Å². The average molecular weight is 526 g/mol. The molecule has 194 valence electrons. The smallest absolute Gasteiger partial charge is 0.390 e. The van der Waals surface area contributed by atoms with Crippen molar-refractivity contribution in [2.24, 2.45) is 0 Å². The van der Waals surface area contributed by atoms with Gasteiger partial charge in [0.25, 0.3) is 11.5 Å². The molecule has 8 nitrogen and oxygen atoms in total. The minimum Gasteiger partial charge on any atom is -0.393 e. The quantitative estimate of drug-likeness (QED) is 0.515. The van der Waals surface area contributed by atoms with Crippen molar-refractivity contribution in [3.05, 3.63) is 67.2 Å². The number of hydrogen-bond donors (Lipinski definition) is 2. The summed E-state index contributed by atoms with van der Waals surface area (Å²) in [6.45, 7) is 0.961. The number of aromatic nitrogens is 2. The van der Waals surface area contributed by atoms with Gasteiger partial charge in [0, 0.05) is 19.6 Å². The zero-order chi connectivity index (χ0) is 26.2. The highest BCUT2D eigenvalue weighted by Crippen LogP contribution is 2.31. The van der Waals surface area contributed by atoms with E-state index in [4.69, 9.17) is 0 Å². The number of halogens is 3. The lowest BCUT2D eigenvalue weighted by Gasteiger charge is -2.29.